The van der Waals surface area contributed by atoms with Crippen molar-refractivity contribution in [1.82, 2.24) is 10.2 Å². The zero-order valence-electron chi connectivity index (χ0n) is 10.7. The second-order valence-electron chi connectivity index (χ2n) is 4.19. The lowest BCUT2D eigenvalue weighted by atomic mass is 10.0. The largest absolute Gasteiger partial charge is 0.347 e. The van der Waals surface area contributed by atoms with Crippen molar-refractivity contribution in [3.05, 3.63) is 48.6 Å². The Hall–Kier alpha value is -2.10. The molecule has 4 heteroatoms. The van der Waals surface area contributed by atoms with Crippen molar-refractivity contribution >= 4 is 11.8 Å². The molecule has 1 aromatic carbocycles. The van der Waals surface area contributed by atoms with Gasteiger partial charge in [0.25, 0.3) is 0 Å². The molecule has 1 N–H and O–H groups in total. The molecule has 0 aliphatic carbocycles. The fourth-order valence-electron chi connectivity index (χ4n) is 1.59. The third-order valence-corrected chi connectivity index (χ3v) is 2.52. The van der Waals surface area contributed by atoms with Gasteiger partial charge in [-0.05, 0) is 11.6 Å². The molecule has 2 amide bonds. The fourth-order valence-corrected chi connectivity index (χ4v) is 1.59. The standard InChI is InChI=1S/C14H18N2O2/c1-4-13(17)15-12(14(18)16(2)3)10-11-8-6-5-7-9-11/h4-9,12H,1,10H2,2-3H3,(H,15,17)/t12-/m1/s1. The first-order chi connectivity index (χ1) is 8.54. The van der Waals surface area contributed by atoms with Crippen LogP contribution in [0.2, 0.25) is 0 Å². The van der Waals surface area contributed by atoms with Crippen LogP contribution in [0.1, 0.15) is 5.56 Å². The van der Waals surface area contributed by atoms with Crippen LogP contribution in [0.25, 0.3) is 0 Å². The summed E-state index contributed by atoms with van der Waals surface area (Å²) in [4.78, 5) is 24.8. The van der Waals surface area contributed by atoms with Crippen molar-refractivity contribution in [2.24, 2.45) is 0 Å². The Bertz CT molecular complexity index is 427. The molecule has 0 saturated heterocycles. The van der Waals surface area contributed by atoms with E-state index in [2.05, 4.69) is 11.9 Å². The van der Waals surface area contributed by atoms with Gasteiger partial charge < -0.3 is 10.2 Å². The van der Waals surface area contributed by atoms with Gasteiger partial charge in [0.15, 0.2) is 0 Å². The molecule has 0 aliphatic heterocycles. The fraction of sp³-hybridized carbons (Fsp3) is 0.286. The molecule has 4 nitrogen and oxygen atoms in total. The van der Waals surface area contributed by atoms with Crippen LogP contribution < -0.4 is 5.32 Å². The van der Waals surface area contributed by atoms with Gasteiger partial charge in [0.05, 0.1) is 0 Å². The van der Waals surface area contributed by atoms with E-state index in [-0.39, 0.29) is 11.8 Å². The van der Waals surface area contributed by atoms with E-state index < -0.39 is 6.04 Å². The van der Waals surface area contributed by atoms with E-state index in [4.69, 9.17) is 0 Å². The molecule has 1 atom stereocenters. The van der Waals surface area contributed by atoms with Crippen molar-refractivity contribution in [1.29, 1.82) is 0 Å². The van der Waals surface area contributed by atoms with E-state index in [0.717, 1.165) is 5.56 Å². The second kappa shape index (κ2) is 6.59. The van der Waals surface area contributed by atoms with Gasteiger partial charge in [0, 0.05) is 20.5 Å². The van der Waals surface area contributed by atoms with Gasteiger partial charge in [0.2, 0.25) is 11.8 Å². The molecule has 0 aromatic heterocycles. The first-order valence-electron chi connectivity index (χ1n) is 5.72. The number of rotatable bonds is 5. The van der Waals surface area contributed by atoms with Gasteiger partial charge in [-0.25, -0.2) is 0 Å². The van der Waals surface area contributed by atoms with E-state index >= 15 is 0 Å². The van der Waals surface area contributed by atoms with Crippen molar-refractivity contribution in [2.75, 3.05) is 14.1 Å². The van der Waals surface area contributed by atoms with Crippen molar-refractivity contribution in [3.8, 4) is 0 Å². The average molecular weight is 246 g/mol. The molecule has 96 valence electrons. The molecule has 0 saturated carbocycles. The monoisotopic (exact) mass is 246 g/mol. The van der Waals surface area contributed by atoms with Crippen molar-refractivity contribution in [2.45, 2.75) is 12.5 Å². The summed E-state index contributed by atoms with van der Waals surface area (Å²) in [5, 5.41) is 2.65. The van der Waals surface area contributed by atoms with Crippen LogP contribution in [0.5, 0.6) is 0 Å². The summed E-state index contributed by atoms with van der Waals surface area (Å²) in [6, 6.07) is 9.01. The molecule has 0 aliphatic rings. The summed E-state index contributed by atoms with van der Waals surface area (Å²) in [6.07, 6.45) is 1.64. The Morgan fingerprint density at radius 2 is 1.94 bits per heavy atom. The molecule has 0 unspecified atom stereocenters. The van der Waals surface area contributed by atoms with Gasteiger partial charge in [-0.1, -0.05) is 36.9 Å². The normalized spacial score (nSPS) is 11.4. The van der Waals surface area contributed by atoms with Gasteiger partial charge >= 0.3 is 0 Å². The van der Waals surface area contributed by atoms with Crippen LogP contribution in [0.3, 0.4) is 0 Å². The minimum Gasteiger partial charge on any atom is -0.347 e. The number of nitrogens with zero attached hydrogens (tertiary/aromatic N) is 1. The molecule has 0 fully saturated rings. The van der Waals surface area contributed by atoms with Crippen LogP contribution >= 0.6 is 0 Å². The van der Waals surface area contributed by atoms with Crippen LogP contribution in [-0.4, -0.2) is 36.9 Å². The number of carbonyl (C=O) groups excluding carboxylic acids is 2. The average Bonchev–Trinajstić information content (AvgIpc) is 2.38. The van der Waals surface area contributed by atoms with Crippen molar-refractivity contribution < 1.29 is 9.59 Å². The van der Waals surface area contributed by atoms with E-state index in [0.29, 0.717) is 6.42 Å². The maximum absolute atomic E-state index is 12.0. The molecule has 0 radical (unpaired) electrons. The number of carbonyl (C=O) groups is 2. The highest BCUT2D eigenvalue weighted by atomic mass is 16.2. The SMILES string of the molecule is C=CC(=O)N[C@H](Cc1ccccc1)C(=O)N(C)C. The van der Waals surface area contributed by atoms with Crippen molar-refractivity contribution in [3.63, 3.8) is 0 Å². The summed E-state index contributed by atoms with van der Waals surface area (Å²) >= 11 is 0. The van der Waals surface area contributed by atoms with E-state index in [1.165, 1.54) is 11.0 Å². The Kier molecular flexibility index (Phi) is 5.11. The lowest BCUT2D eigenvalue weighted by molar-refractivity contribution is -0.133. The Morgan fingerprint density at radius 1 is 1.33 bits per heavy atom. The topological polar surface area (TPSA) is 49.4 Å². The predicted molar refractivity (Wildman–Crippen MR) is 71.0 cm³/mol. The quantitative estimate of drug-likeness (QED) is 0.788. The summed E-state index contributed by atoms with van der Waals surface area (Å²) in [5.74, 6) is -0.472. The van der Waals surface area contributed by atoms with Crippen LogP contribution in [0.4, 0.5) is 0 Å². The molecular formula is C14H18N2O2. The zero-order valence-corrected chi connectivity index (χ0v) is 10.7. The summed E-state index contributed by atoms with van der Waals surface area (Å²) in [7, 11) is 3.33. The predicted octanol–water partition coefficient (Wildman–Crippen LogP) is 0.988. The summed E-state index contributed by atoms with van der Waals surface area (Å²) in [6.45, 7) is 3.39. The number of likely N-dealkylation sites (N-methyl/N-ethyl adjacent to an activating group) is 1. The van der Waals surface area contributed by atoms with Gasteiger partial charge in [-0.3, -0.25) is 9.59 Å². The molecule has 0 bridgehead atoms. The van der Waals surface area contributed by atoms with E-state index in [9.17, 15) is 9.59 Å². The molecular weight excluding hydrogens is 228 g/mol. The van der Waals surface area contributed by atoms with E-state index in [1.54, 1.807) is 14.1 Å². The van der Waals surface area contributed by atoms with Crippen LogP contribution in [0, 0.1) is 0 Å². The highest BCUT2D eigenvalue weighted by Crippen LogP contribution is 2.05. The summed E-state index contributed by atoms with van der Waals surface area (Å²) in [5.41, 5.74) is 1.00. The minimum atomic E-state index is -0.562. The zero-order chi connectivity index (χ0) is 13.5. The highest BCUT2D eigenvalue weighted by Gasteiger charge is 2.21. The molecule has 0 spiro atoms. The van der Waals surface area contributed by atoms with Gasteiger partial charge in [0.1, 0.15) is 6.04 Å². The van der Waals surface area contributed by atoms with Crippen LogP contribution in [0.15, 0.2) is 43.0 Å². The second-order valence-corrected chi connectivity index (χ2v) is 4.19. The number of hydrogen-bond donors (Lipinski definition) is 1. The van der Waals surface area contributed by atoms with Crippen LogP contribution in [-0.2, 0) is 16.0 Å². The smallest absolute Gasteiger partial charge is 0.244 e. The van der Waals surface area contributed by atoms with Gasteiger partial charge in [-0.15, -0.1) is 0 Å². The lowest BCUT2D eigenvalue weighted by Crippen LogP contribution is -2.47. The highest BCUT2D eigenvalue weighted by molar-refractivity contribution is 5.92. The number of amides is 2. The number of hydrogen-bond acceptors (Lipinski definition) is 2. The number of benzene rings is 1. The van der Waals surface area contributed by atoms with E-state index in [1.807, 2.05) is 30.3 Å². The first-order valence-corrected chi connectivity index (χ1v) is 5.72. The van der Waals surface area contributed by atoms with Gasteiger partial charge in [-0.2, -0.15) is 0 Å². The maximum atomic E-state index is 12.0. The minimum absolute atomic E-state index is 0.131. The third-order valence-electron chi connectivity index (χ3n) is 2.52. The molecule has 18 heavy (non-hydrogen) atoms. The molecule has 1 rings (SSSR count). The Balaban J connectivity index is 2.80. The Labute approximate surface area is 107 Å². The number of nitrogens with one attached hydrogen (secondary N) is 1. The molecule has 0 heterocycles. The maximum Gasteiger partial charge on any atom is 0.244 e. The lowest BCUT2D eigenvalue weighted by Gasteiger charge is -2.21. The third kappa shape index (κ3) is 4.05. The molecule has 1 aromatic rings. The summed E-state index contributed by atoms with van der Waals surface area (Å²) < 4.78 is 0. The first kappa shape index (κ1) is 14.0. The Morgan fingerprint density at radius 3 is 2.44 bits per heavy atom.